The van der Waals surface area contributed by atoms with E-state index in [0.29, 0.717) is 24.8 Å². The molecular weight excluding hydrogens is 482 g/mol. The van der Waals surface area contributed by atoms with E-state index in [1.807, 2.05) is 19.1 Å². The minimum absolute atomic E-state index is 0.282. The summed E-state index contributed by atoms with van der Waals surface area (Å²) in [5.74, 6) is 1.09. The molecule has 0 aromatic heterocycles. The summed E-state index contributed by atoms with van der Waals surface area (Å²) in [5.41, 5.74) is 16.9. The summed E-state index contributed by atoms with van der Waals surface area (Å²) < 4.78 is 2.29. The van der Waals surface area contributed by atoms with Gasteiger partial charge < -0.3 is 21.5 Å². The van der Waals surface area contributed by atoms with E-state index in [2.05, 4.69) is 64.8 Å². The Bertz CT molecular complexity index is 1130. The van der Waals surface area contributed by atoms with Crippen LogP contribution in [0, 0.1) is 5.92 Å². The van der Waals surface area contributed by atoms with Crippen LogP contribution < -0.4 is 11.5 Å². The van der Waals surface area contributed by atoms with Crippen LogP contribution in [-0.4, -0.2) is 65.9 Å². The molecule has 8 heteroatoms. The maximum Gasteiger partial charge on any atom is 0.209 e. The van der Waals surface area contributed by atoms with Crippen molar-refractivity contribution in [3.05, 3.63) is 65.8 Å². The van der Waals surface area contributed by atoms with Gasteiger partial charge in [-0.25, -0.2) is 9.30 Å². The second-order valence-corrected chi connectivity index (χ2v) is 10.5. The van der Waals surface area contributed by atoms with E-state index < -0.39 is 0 Å². The maximum atomic E-state index is 10.3. The van der Waals surface area contributed by atoms with Gasteiger partial charge >= 0.3 is 0 Å². The SMILES string of the molecule is CC1=Cc2ccc(-c3cccc(SN4CC(CO)C4)c3)cc2N=C(N)C1.CCCN(C=O)C/C=C/CN. The number of amides is 1. The van der Waals surface area contributed by atoms with E-state index in [-0.39, 0.29) is 6.61 Å². The minimum Gasteiger partial charge on any atom is -0.396 e. The van der Waals surface area contributed by atoms with Gasteiger partial charge in [0.25, 0.3) is 0 Å². The van der Waals surface area contributed by atoms with Crippen LogP contribution in [0.15, 0.2) is 70.1 Å². The topological polar surface area (TPSA) is 108 Å². The fourth-order valence-corrected chi connectivity index (χ4v) is 5.30. The second-order valence-electron chi connectivity index (χ2n) is 9.37. The highest BCUT2D eigenvalue weighted by atomic mass is 32.2. The summed E-state index contributed by atoms with van der Waals surface area (Å²) in [7, 11) is 0. The normalized spacial score (nSPS) is 15.6. The van der Waals surface area contributed by atoms with Gasteiger partial charge in [-0.1, -0.05) is 55.0 Å². The van der Waals surface area contributed by atoms with Crippen molar-refractivity contribution in [2.24, 2.45) is 22.4 Å². The Balaban J connectivity index is 0.000000295. The first-order chi connectivity index (χ1) is 17.9. The smallest absolute Gasteiger partial charge is 0.209 e. The van der Waals surface area contributed by atoms with Crippen LogP contribution >= 0.6 is 11.9 Å². The molecule has 7 nitrogen and oxygen atoms in total. The van der Waals surface area contributed by atoms with Crippen LogP contribution in [0.4, 0.5) is 5.69 Å². The molecule has 2 aromatic rings. The van der Waals surface area contributed by atoms with Gasteiger partial charge in [0.1, 0.15) is 5.84 Å². The lowest BCUT2D eigenvalue weighted by molar-refractivity contribution is -0.117. The van der Waals surface area contributed by atoms with Gasteiger partial charge in [0.15, 0.2) is 0 Å². The first kappa shape index (κ1) is 28.7. The van der Waals surface area contributed by atoms with Crippen LogP contribution in [0.5, 0.6) is 0 Å². The number of rotatable bonds is 10. The lowest BCUT2D eigenvalue weighted by Crippen LogP contribution is -2.43. The monoisotopic (exact) mass is 521 g/mol. The number of hydrogen-bond donors (Lipinski definition) is 3. The number of amidine groups is 1. The number of aliphatic hydroxyl groups is 1. The highest BCUT2D eigenvalue weighted by molar-refractivity contribution is 7.97. The molecule has 4 rings (SSSR count). The van der Waals surface area contributed by atoms with Crippen LogP contribution in [0.25, 0.3) is 17.2 Å². The van der Waals surface area contributed by atoms with Crippen molar-refractivity contribution in [3.63, 3.8) is 0 Å². The van der Waals surface area contributed by atoms with E-state index in [4.69, 9.17) is 16.6 Å². The zero-order valence-corrected chi connectivity index (χ0v) is 22.7. The van der Waals surface area contributed by atoms with Crippen molar-refractivity contribution in [2.45, 2.75) is 31.6 Å². The Morgan fingerprint density at radius 2 is 1.97 bits per heavy atom. The number of benzene rings is 2. The summed E-state index contributed by atoms with van der Waals surface area (Å²) in [6, 6.07) is 15.0. The zero-order valence-electron chi connectivity index (χ0n) is 21.8. The van der Waals surface area contributed by atoms with Gasteiger partial charge in [-0.15, -0.1) is 0 Å². The number of hydrogen-bond acceptors (Lipinski definition) is 7. The van der Waals surface area contributed by atoms with Gasteiger partial charge in [-0.3, -0.25) is 4.79 Å². The molecule has 0 unspecified atom stereocenters. The van der Waals surface area contributed by atoms with Crippen molar-refractivity contribution < 1.29 is 9.90 Å². The Morgan fingerprint density at radius 3 is 2.68 bits per heavy atom. The second kappa shape index (κ2) is 14.7. The highest BCUT2D eigenvalue weighted by Crippen LogP contribution is 2.35. The van der Waals surface area contributed by atoms with E-state index in [1.54, 1.807) is 16.8 Å². The first-order valence-corrected chi connectivity index (χ1v) is 13.6. The van der Waals surface area contributed by atoms with Crippen LogP contribution in [0.2, 0.25) is 0 Å². The number of nitrogens with two attached hydrogens (primary N) is 2. The Morgan fingerprint density at radius 1 is 1.19 bits per heavy atom. The fourth-order valence-electron chi connectivity index (χ4n) is 4.11. The number of carbonyl (C=O) groups excluding carboxylic acids is 1. The standard InChI is InChI=1S/C21H23N3OS.C8H16N2O/c1-14-7-18-6-5-17(10-20(18)23-21(22)8-14)16-3-2-4-19(9-16)26-24-11-15(12-24)13-25;1-2-6-10(8-11)7-4-3-5-9/h2-7,9-10,15,25H,8,11-13H2,1H3,(H2,22,23);3-4,8H,2,5-7,9H2,1H3/b;4-3+. The number of carbonyl (C=O) groups is 1. The van der Waals surface area contributed by atoms with Crippen LogP contribution in [0.3, 0.4) is 0 Å². The van der Waals surface area contributed by atoms with Gasteiger partial charge in [0.2, 0.25) is 6.41 Å². The lowest BCUT2D eigenvalue weighted by Gasteiger charge is -2.36. The average molecular weight is 522 g/mol. The predicted octanol–water partition coefficient (Wildman–Crippen LogP) is 4.45. The van der Waals surface area contributed by atoms with Gasteiger partial charge in [0.05, 0.1) is 5.69 Å². The number of aliphatic hydroxyl groups excluding tert-OH is 1. The molecule has 1 amide bonds. The molecule has 2 aromatic carbocycles. The number of aliphatic imine (C=N–C) groups is 1. The zero-order chi connectivity index (χ0) is 26.6. The molecule has 1 saturated heterocycles. The van der Waals surface area contributed by atoms with Crippen molar-refractivity contribution in [3.8, 4) is 11.1 Å². The van der Waals surface area contributed by atoms with Crippen molar-refractivity contribution in [1.29, 1.82) is 0 Å². The lowest BCUT2D eigenvalue weighted by atomic mass is 10.0. The number of fused-ring (bicyclic) bond motifs is 1. The fraction of sp³-hybridized carbons (Fsp3) is 0.379. The molecule has 0 bridgehead atoms. The quantitative estimate of drug-likeness (QED) is 0.242. The van der Waals surface area contributed by atoms with Gasteiger partial charge in [-0.2, -0.15) is 0 Å². The Hall–Kier alpha value is -2.91. The maximum absolute atomic E-state index is 10.3. The molecule has 0 aliphatic carbocycles. The largest absolute Gasteiger partial charge is 0.396 e. The molecule has 2 aliphatic heterocycles. The first-order valence-electron chi connectivity index (χ1n) is 12.8. The third-order valence-electron chi connectivity index (χ3n) is 6.04. The van der Waals surface area contributed by atoms with Gasteiger partial charge in [-0.05, 0) is 54.6 Å². The molecule has 1 fully saturated rings. The summed E-state index contributed by atoms with van der Waals surface area (Å²) in [5, 5.41) is 9.16. The van der Waals surface area contributed by atoms with Gasteiger partial charge in [0, 0.05) is 62.1 Å². The summed E-state index contributed by atoms with van der Waals surface area (Å²) >= 11 is 1.76. The van der Waals surface area contributed by atoms with Crippen LogP contribution in [-0.2, 0) is 4.79 Å². The molecule has 37 heavy (non-hydrogen) atoms. The predicted molar refractivity (Wildman–Crippen MR) is 156 cm³/mol. The third-order valence-corrected chi connectivity index (χ3v) is 7.06. The molecule has 2 heterocycles. The van der Waals surface area contributed by atoms with E-state index in [1.165, 1.54) is 16.0 Å². The van der Waals surface area contributed by atoms with Crippen LogP contribution in [0.1, 0.15) is 32.3 Å². The molecule has 0 radical (unpaired) electrons. The molecule has 0 spiro atoms. The summed E-state index contributed by atoms with van der Waals surface area (Å²) in [4.78, 5) is 17.9. The van der Waals surface area contributed by atoms with E-state index in [0.717, 1.165) is 55.7 Å². The molecule has 198 valence electrons. The van der Waals surface area contributed by atoms with E-state index >= 15 is 0 Å². The highest BCUT2D eigenvalue weighted by Gasteiger charge is 2.26. The minimum atomic E-state index is 0.282. The number of nitrogens with zero attached hydrogens (tertiary/aromatic N) is 3. The third kappa shape index (κ3) is 8.86. The Kier molecular flexibility index (Phi) is 11.4. The Labute approximate surface area is 225 Å². The summed E-state index contributed by atoms with van der Waals surface area (Å²) in [6.07, 6.45) is 8.51. The van der Waals surface area contributed by atoms with Crippen molar-refractivity contribution in [1.82, 2.24) is 9.21 Å². The summed E-state index contributed by atoms with van der Waals surface area (Å²) in [6.45, 7) is 8.34. The molecule has 0 atom stereocenters. The molecular formula is C29H39N5O2S. The molecule has 0 saturated carbocycles. The molecule has 2 aliphatic rings. The average Bonchev–Trinajstić information content (AvgIpc) is 3.01. The van der Waals surface area contributed by atoms with E-state index in [9.17, 15) is 4.79 Å². The van der Waals surface area contributed by atoms with Crippen molar-refractivity contribution >= 4 is 36.0 Å². The van der Waals surface area contributed by atoms with Crippen molar-refractivity contribution in [2.75, 3.05) is 39.3 Å². The molecule has 5 N–H and O–H groups in total.